The molecule has 44 valence electrons. The van der Waals surface area contributed by atoms with Crippen molar-refractivity contribution < 1.29 is 37.5 Å². The van der Waals surface area contributed by atoms with Gasteiger partial charge in [-0.2, -0.15) is 0 Å². The Kier molecular flexibility index (Phi) is 6.69. The molecule has 8 heavy (non-hydrogen) atoms. The van der Waals surface area contributed by atoms with Gasteiger partial charge in [0.1, 0.15) is 0 Å². The van der Waals surface area contributed by atoms with Crippen molar-refractivity contribution in [2.24, 2.45) is 5.41 Å². The van der Waals surface area contributed by atoms with Crippen LogP contribution in [0.2, 0.25) is 0 Å². The fourth-order valence-corrected chi connectivity index (χ4v) is 0.217. The van der Waals surface area contributed by atoms with Crippen LogP contribution in [0.4, 0.5) is 0 Å². The fraction of sp³-hybridized carbons (Fsp3) is 0.833. The maximum atomic E-state index is 9.70. The zero-order valence-corrected chi connectivity index (χ0v) is 8.53. The molecule has 2 heteroatoms. The molecule has 0 unspecified atom stereocenters. The molecule has 0 N–H and O–H groups in total. The summed E-state index contributed by atoms with van der Waals surface area (Å²) in [6.07, 6.45) is 2.39. The zero-order chi connectivity index (χ0) is 5.91. The van der Waals surface area contributed by atoms with Crippen molar-refractivity contribution in [3.8, 4) is 0 Å². The Balaban J connectivity index is 0. The summed E-state index contributed by atoms with van der Waals surface area (Å²) in [5.74, 6) is 0. The molecule has 0 bridgehead atoms. The fourth-order valence-electron chi connectivity index (χ4n) is 0.217. The van der Waals surface area contributed by atoms with Gasteiger partial charge >= 0.3 is 0 Å². The van der Waals surface area contributed by atoms with Crippen LogP contribution < -0.4 is 0 Å². The largest absolute Gasteiger partial charge is 0.291 e. The van der Waals surface area contributed by atoms with Crippen LogP contribution in [-0.4, -0.2) is 6.29 Å². The average Bonchev–Trinajstić information content (AvgIpc) is 1.30. The van der Waals surface area contributed by atoms with E-state index < -0.39 is 0 Å². The third-order valence-corrected chi connectivity index (χ3v) is 0.602. The Hall–Kier alpha value is 0.774. The Morgan fingerprint density at radius 2 is 1.75 bits per heavy atom. The summed E-state index contributed by atoms with van der Waals surface area (Å²) in [5.41, 5.74) is 0.127. The van der Waals surface area contributed by atoms with E-state index in [1.807, 2.05) is 27.1 Å². The number of carbonyl (C=O) groups excluding carboxylic acids is 1. The van der Waals surface area contributed by atoms with Gasteiger partial charge in [-0.25, -0.2) is 0 Å². The summed E-state index contributed by atoms with van der Waals surface area (Å²) in [7, 11) is 0. The van der Waals surface area contributed by atoms with E-state index in [1.54, 1.807) is 0 Å². The summed E-state index contributed by atoms with van der Waals surface area (Å²) in [5, 5.41) is 0. The minimum atomic E-state index is 0. The SMILES string of the molecule is CC(C)(C)C[C]=O.[Y]. The summed E-state index contributed by atoms with van der Waals surface area (Å²) in [6.45, 7) is 6.04. The van der Waals surface area contributed by atoms with Crippen molar-refractivity contribution in [1.29, 1.82) is 0 Å². The van der Waals surface area contributed by atoms with Gasteiger partial charge < -0.3 is 0 Å². The first-order chi connectivity index (χ1) is 3.06. The van der Waals surface area contributed by atoms with Gasteiger partial charge in [-0.3, -0.25) is 4.79 Å². The van der Waals surface area contributed by atoms with Crippen molar-refractivity contribution in [1.82, 2.24) is 0 Å². The van der Waals surface area contributed by atoms with E-state index >= 15 is 0 Å². The summed E-state index contributed by atoms with van der Waals surface area (Å²) >= 11 is 0. The van der Waals surface area contributed by atoms with Crippen LogP contribution in [0.1, 0.15) is 27.2 Å². The monoisotopic (exact) mass is 188 g/mol. The van der Waals surface area contributed by atoms with Crippen LogP contribution in [-0.2, 0) is 37.5 Å². The van der Waals surface area contributed by atoms with Gasteiger partial charge in [0.05, 0.1) is 0 Å². The van der Waals surface area contributed by atoms with Crippen LogP contribution in [0.5, 0.6) is 0 Å². The van der Waals surface area contributed by atoms with Crippen LogP contribution in [0.15, 0.2) is 0 Å². The quantitative estimate of drug-likeness (QED) is 0.609. The van der Waals surface area contributed by atoms with Crippen molar-refractivity contribution in [2.75, 3.05) is 0 Å². The minimum Gasteiger partial charge on any atom is -0.291 e. The summed E-state index contributed by atoms with van der Waals surface area (Å²) < 4.78 is 0. The molecule has 0 fully saturated rings. The first-order valence-electron chi connectivity index (χ1n) is 2.41. The topological polar surface area (TPSA) is 17.1 Å². The van der Waals surface area contributed by atoms with Crippen molar-refractivity contribution >= 4 is 6.29 Å². The van der Waals surface area contributed by atoms with E-state index in [-0.39, 0.29) is 38.1 Å². The molecule has 0 aliphatic carbocycles. The first-order valence-corrected chi connectivity index (χ1v) is 2.41. The van der Waals surface area contributed by atoms with E-state index in [2.05, 4.69) is 0 Å². The molecule has 0 heterocycles. The predicted octanol–water partition coefficient (Wildman–Crippen LogP) is 1.53. The standard InChI is InChI=1S/C6H11O.Y/c1-6(2,3)4-5-7;/h4H2,1-3H3;. The first kappa shape index (κ1) is 11.6. The molecule has 1 nitrogen and oxygen atoms in total. The Bertz CT molecular complexity index is 63.4. The van der Waals surface area contributed by atoms with E-state index in [0.29, 0.717) is 6.42 Å². The second-order valence-corrected chi connectivity index (χ2v) is 2.88. The predicted molar refractivity (Wildman–Crippen MR) is 29.8 cm³/mol. The Labute approximate surface area is 76.1 Å². The smallest absolute Gasteiger partial charge is 0.198 e. The molecular formula is C6H11OY. The van der Waals surface area contributed by atoms with Gasteiger partial charge in [0.15, 0.2) is 6.29 Å². The number of hydrogen-bond acceptors (Lipinski definition) is 1. The molecule has 0 atom stereocenters. The molecule has 0 saturated heterocycles. The van der Waals surface area contributed by atoms with Crippen molar-refractivity contribution in [3.05, 3.63) is 0 Å². The van der Waals surface area contributed by atoms with E-state index in [9.17, 15) is 4.79 Å². The van der Waals surface area contributed by atoms with E-state index in [0.717, 1.165) is 0 Å². The van der Waals surface area contributed by atoms with Crippen LogP contribution in [0.25, 0.3) is 0 Å². The van der Waals surface area contributed by atoms with Gasteiger partial charge in [-0.05, 0) is 5.41 Å². The van der Waals surface area contributed by atoms with Gasteiger partial charge in [-0.15, -0.1) is 0 Å². The Morgan fingerprint density at radius 3 is 1.75 bits per heavy atom. The second kappa shape index (κ2) is 4.63. The molecule has 0 rings (SSSR count). The maximum absolute atomic E-state index is 9.70. The molecule has 0 aromatic heterocycles. The molecule has 0 aromatic rings. The molecule has 0 aliphatic rings. The summed E-state index contributed by atoms with van der Waals surface area (Å²) in [6, 6.07) is 0. The average molecular weight is 188 g/mol. The van der Waals surface area contributed by atoms with Crippen molar-refractivity contribution in [3.63, 3.8) is 0 Å². The molecule has 0 amide bonds. The number of hydrogen-bond donors (Lipinski definition) is 0. The Morgan fingerprint density at radius 1 is 1.38 bits per heavy atom. The maximum Gasteiger partial charge on any atom is 0.198 e. The number of rotatable bonds is 1. The van der Waals surface area contributed by atoms with Gasteiger partial charge in [0.2, 0.25) is 0 Å². The molecule has 2 radical (unpaired) electrons. The zero-order valence-electron chi connectivity index (χ0n) is 5.69. The van der Waals surface area contributed by atoms with Crippen LogP contribution in [0.3, 0.4) is 0 Å². The second-order valence-electron chi connectivity index (χ2n) is 2.88. The van der Waals surface area contributed by atoms with Gasteiger partial charge in [0.25, 0.3) is 0 Å². The molecule has 0 spiro atoms. The third kappa shape index (κ3) is 9.91. The molecular weight excluding hydrogens is 177 g/mol. The van der Waals surface area contributed by atoms with Crippen molar-refractivity contribution in [2.45, 2.75) is 27.2 Å². The normalized spacial score (nSPS) is 9.88. The van der Waals surface area contributed by atoms with Crippen LogP contribution >= 0.6 is 0 Å². The molecule has 0 aromatic carbocycles. The summed E-state index contributed by atoms with van der Waals surface area (Å²) in [4.78, 5) is 9.70. The van der Waals surface area contributed by atoms with E-state index in [1.165, 1.54) is 0 Å². The third-order valence-electron chi connectivity index (χ3n) is 0.602. The van der Waals surface area contributed by atoms with E-state index in [4.69, 9.17) is 0 Å². The molecule has 0 saturated carbocycles. The molecule has 0 aliphatic heterocycles. The van der Waals surface area contributed by atoms with Gasteiger partial charge in [-0.1, -0.05) is 20.8 Å². The minimum absolute atomic E-state index is 0. The van der Waals surface area contributed by atoms with Crippen LogP contribution in [0, 0.1) is 5.41 Å². The van der Waals surface area contributed by atoms with Gasteiger partial charge in [0, 0.05) is 39.1 Å².